The molecule has 0 aliphatic heterocycles. The maximum Gasteiger partial charge on any atom is 0.309 e. The summed E-state index contributed by atoms with van der Waals surface area (Å²) >= 11 is 0. The maximum absolute atomic E-state index is 13.4. The van der Waals surface area contributed by atoms with Gasteiger partial charge in [0.1, 0.15) is 6.61 Å². The summed E-state index contributed by atoms with van der Waals surface area (Å²) in [5, 5.41) is 16.0. The SMILES string of the molecule is C=CC[C@H](CC(=O)N[C@H](C)CO)C(=O)N[C@H](COC(=O)[C@@H](CC=C)Cc1ccccc1)Cc1c[nH]c2ccccc12. The van der Waals surface area contributed by atoms with Gasteiger partial charge in [-0.05, 0) is 49.8 Å². The number of para-hydroxylation sites is 1. The Morgan fingerprint density at radius 1 is 0.951 bits per heavy atom. The summed E-state index contributed by atoms with van der Waals surface area (Å²) in [6.07, 6.45) is 6.86. The maximum atomic E-state index is 13.4. The fourth-order valence-electron chi connectivity index (χ4n) is 4.79. The second-order valence-electron chi connectivity index (χ2n) is 10.4. The lowest BCUT2D eigenvalue weighted by Gasteiger charge is -2.23. The number of hydrogen-bond donors (Lipinski definition) is 4. The number of aromatic amines is 1. The molecule has 8 nitrogen and oxygen atoms in total. The van der Waals surface area contributed by atoms with E-state index in [0.29, 0.717) is 25.7 Å². The first-order valence-electron chi connectivity index (χ1n) is 14.0. The third-order valence-corrected chi connectivity index (χ3v) is 6.96. The number of carbonyl (C=O) groups is 3. The van der Waals surface area contributed by atoms with Crippen LogP contribution in [0.5, 0.6) is 0 Å². The van der Waals surface area contributed by atoms with Gasteiger partial charge in [-0.15, -0.1) is 13.2 Å². The summed E-state index contributed by atoms with van der Waals surface area (Å²) in [4.78, 5) is 42.3. The Hall–Kier alpha value is -4.17. The number of allylic oxidation sites excluding steroid dienone is 2. The van der Waals surface area contributed by atoms with E-state index < -0.39 is 23.9 Å². The van der Waals surface area contributed by atoms with Crippen molar-refractivity contribution in [3.63, 3.8) is 0 Å². The summed E-state index contributed by atoms with van der Waals surface area (Å²) in [5.41, 5.74) is 2.97. The van der Waals surface area contributed by atoms with Crippen molar-refractivity contribution in [1.29, 1.82) is 0 Å². The van der Waals surface area contributed by atoms with E-state index in [1.54, 1.807) is 19.1 Å². The molecule has 4 N–H and O–H groups in total. The first-order valence-corrected chi connectivity index (χ1v) is 14.0. The van der Waals surface area contributed by atoms with Crippen LogP contribution in [0.4, 0.5) is 0 Å². The van der Waals surface area contributed by atoms with Gasteiger partial charge in [0.15, 0.2) is 0 Å². The fourth-order valence-corrected chi connectivity index (χ4v) is 4.79. The highest BCUT2D eigenvalue weighted by molar-refractivity contribution is 5.86. The molecule has 218 valence electrons. The zero-order chi connectivity index (χ0) is 29.6. The first kappa shape index (κ1) is 31.4. The monoisotopic (exact) mass is 559 g/mol. The predicted molar refractivity (Wildman–Crippen MR) is 161 cm³/mol. The molecular formula is C33H41N3O5. The number of fused-ring (bicyclic) bond motifs is 1. The van der Waals surface area contributed by atoms with Gasteiger partial charge in [0, 0.05) is 29.6 Å². The van der Waals surface area contributed by atoms with Gasteiger partial charge in [-0.2, -0.15) is 0 Å². The third kappa shape index (κ3) is 9.76. The lowest BCUT2D eigenvalue weighted by atomic mass is 9.96. The Bertz CT molecular complexity index is 1300. The number of esters is 1. The van der Waals surface area contributed by atoms with Crippen LogP contribution in [-0.2, 0) is 32.0 Å². The number of benzene rings is 2. The van der Waals surface area contributed by atoms with Crippen LogP contribution in [0.25, 0.3) is 10.9 Å². The number of aromatic nitrogens is 1. The minimum Gasteiger partial charge on any atom is -0.463 e. The highest BCUT2D eigenvalue weighted by Gasteiger charge is 2.26. The molecule has 8 heteroatoms. The second-order valence-corrected chi connectivity index (χ2v) is 10.4. The van der Waals surface area contributed by atoms with E-state index in [9.17, 15) is 19.5 Å². The van der Waals surface area contributed by atoms with Crippen LogP contribution in [0.15, 0.2) is 86.1 Å². The Kier molecular flexibility index (Phi) is 12.4. The van der Waals surface area contributed by atoms with Gasteiger partial charge in [0.25, 0.3) is 0 Å². The summed E-state index contributed by atoms with van der Waals surface area (Å²) in [6, 6.07) is 16.7. The molecule has 1 aromatic heterocycles. The molecule has 2 aromatic carbocycles. The topological polar surface area (TPSA) is 121 Å². The van der Waals surface area contributed by atoms with Gasteiger partial charge in [-0.25, -0.2) is 0 Å². The molecule has 3 aromatic rings. The number of carbonyl (C=O) groups excluding carboxylic acids is 3. The van der Waals surface area contributed by atoms with Crippen molar-refractivity contribution in [3.8, 4) is 0 Å². The van der Waals surface area contributed by atoms with Gasteiger partial charge in [-0.3, -0.25) is 14.4 Å². The van der Waals surface area contributed by atoms with E-state index in [1.807, 2.05) is 60.8 Å². The average molecular weight is 560 g/mol. The van der Waals surface area contributed by atoms with E-state index in [4.69, 9.17) is 4.74 Å². The molecule has 3 rings (SSSR count). The van der Waals surface area contributed by atoms with E-state index >= 15 is 0 Å². The second kappa shape index (κ2) is 16.2. The molecule has 2 amide bonds. The van der Waals surface area contributed by atoms with Crippen molar-refractivity contribution in [2.75, 3.05) is 13.2 Å². The van der Waals surface area contributed by atoms with E-state index in [-0.39, 0.29) is 37.4 Å². The van der Waals surface area contributed by atoms with Crippen LogP contribution >= 0.6 is 0 Å². The van der Waals surface area contributed by atoms with Gasteiger partial charge < -0.3 is 25.5 Å². The Morgan fingerprint density at radius 3 is 2.34 bits per heavy atom. The number of amides is 2. The highest BCUT2D eigenvalue weighted by Crippen LogP contribution is 2.21. The van der Waals surface area contributed by atoms with Crippen molar-refractivity contribution < 1.29 is 24.2 Å². The van der Waals surface area contributed by atoms with Crippen molar-refractivity contribution in [2.24, 2.45) is 11.8 Å². The number of hydrogen-bond acceptors (Lipinski definition) is 5. The highest BCUT2D eigenvalue weighted by atomic mass is 16.5. The zero-order valence-corrected chi connectivity index (χ0v) is 23.7. The van der Waals surface area contributed by atoms with Crippen LogP contribution < -0.4 is 10.6 Å². The van der Waals surface area contributed by atoms with Crippen LogP contribution in [-0.4, -0.2) is 53.2 Å². The standard InChI is InChI=1S/C33H41N3O5/c1-4-11-25(19-31(38)35-23(3)21-37)32(39)36-28(18-27-20-34-30-16-10-9-15-29(27)30)22-41-33(40)26(12-5-2)17-24-13-7-6-8-14-24/h4-10,13-16,20,23,25-26,28,34,37H,1-2,11-12,17-19,21-22H2,3H3,(H,35,38)(H,36,39)/t23-,25-,26+,28+/m1/s1. The van der Waals surface area contributed by atoms with Gasteiger partial charge in [-0.1, -0.05) is 60.7 Å². The quantitative estimate of drug-likeness (QED) is 0.146. The van der Waals surface area contributed by atoms with Crippen molar-refractivity contribution >= 4 is 28.7 Å². The number of rotatable bonds is 17. The van der Waals surface area contributed by atoms with Crippen molar-refractivity contribution in [1.82, 2.24) is 15.6 Å². The minimum atomic E-state index is -0.661. The van der Waals surface area contributed by atoms with Gasteiger partial charge >= 0.3 is 5.97 Å². The number of nitrogens with one attached hydrogen (secondary N) is 3. The smallest absolute Gasteiger partial charge is 0.309 e. The molecule has 0 unspecified atom stereocenters. The summed E-state index contributed by atoms with van der Waals surface area (Å²) in [5.74, 6) is -2.07. The lowest BCUT2D eigenvalue weighted by Crippen LogP contribution is -2.45. The molecule has 0 radical (unpaired) electrons. The molecule has 0 bridgehead atoms. The van der Waals surface area contributed by atoms with Crippen LogP contribution in [0.1, 0.15) is 37.3 Å². The summed E-state index contributed by atoms with van der Waals surface area (Å²) < 4.78 is 5.80. The molecular weight excluding hydrogens is 518 g/mol. The number of H-pyrrole nitrogens is 1. The van der Waals surface area contributed by atoms with Crippen LogP contribution in [0.3, 0.4) is 0 Å². The van der Waals surface area contributed by atoms with Crippen molar-refractivity contribution in [2.45, 2.75) is 51.1 Å². The van der Waals surface area contributed by atoms with E-state index in [0.717, 1.165) is 22.0 Å². The van der Waals surface area contributed by atoms with E-state index in [1.165, 1.54) is 0 Å². The molecule has 0 aliphatic rings. The molecule has 0 saturated carbocycles. The van der Waals surface area contributed by atoms with Crippen molar-refractivity contribution in [3.05, 3.63) is 97.2 Å². The molecule has 0 fully saturated rings. The number of aliphatic hydroxyl groups excluding tert-OH is 1. The molecule has 41 heavy (non-hydrogen) atoms. The molecule has 0 spiro atoms. The lowest BCUT2D eigenvalue weighted by molar-refractivity contribution is -0.149. The number of ether oxygens (including phenoxy) is 1. The average Bonchev–Trinajstić information content (AvgIpc) is 3.38. The summed E-state index contributed by atoms with van der Waals surface area (Å²) in [6.45, 7) is 9.00. The largest absolute Gasteiger partial charge is 0.463 e. The molecule has 0 saturated heterocycles. The molecule has 4 atom stereocenters. The van der Waals surface area contributed by atoms with Crippen LogP contribution in [0, 0.1) is 11.8 Å². The Labute approximate surface area is 241 Å². The third-order valence-electron chi connectivity index (χ3n) is 6.96. The van der Waals surface area contributed by atoms with Gasteiger partial charge in [0.2, 0.25) is 11.8 Å². The summed E-state index contributed by atoms with van der Waals surface area (Å²) in [7, 11) is 0. The first-order chi connectivity index (χ1) is 19.8. The minimum absolute atomic E-state index is 0.0267. The molecule has 1 heterocycles. The fraction of sp³-hybridized carbons (Fsp3) is 0.364. The Morgan fingerprint density at radius 2 is 1.63 bits per heavy atom. The van der Waals surface area contributed by atoms with Gasteiger partial charge in [0.05, 0.1) is 24.5 Å². The zero-order valence-electron chi connectivity index (χ0n) is 23.7. The Balaban J connectivity index is 1.75. The number of aliphatic hydroxyl groups is 1. The predicted octanol–water partition coefficient (Wildman–Crippen LogP) is 4.25. The van der Waals surface area contributed by atoms with E-state index in [2.05, 4.69) is 28.8 Å². The van der Waals surface area contributed by atoms with Crippen LogP contribution in [0.2, 0.25) is 0 Å². The normalized spacial score (nSPS) is 13.9. The molecule has 0 aliphatic carbocycles.